The summed E-state index contributed by atoms with van der Waals surface area (Å²) < 4.78 is 2.21. The Morgan fingerprint density at radius 1 is 1.37 bits per heavy atom. The number of hydrogen-bond donors (Lipinski definition) is 0. The molecule has 1 aromatic carbocycles. The van der Waals surface area contributed by atoms with Gasteiger partial charge >= 0.3 is 122 Å². The molecule has 1 amide bonds. The van der Waals surface area contributed by atoms with Gasteiger partial charge in [0.1, 0.15) is 0 Å². The summed E-state index contributed by atoms with van der Waals surface area (Å²) in [5, 5.41) is 0. The molecule has 1 radical (unpaired) electrons. The van der Waals surface area contributed by atoms with E-state index in [0.29, 0.717) is 0 Å². The Bertz CT molecular complexity index is 483. The molecule has 0 spiro atoms. The van der Waals surface area contributed by atoms with Crippen molar-refractivity contribution in [3.05, 3.63) is 40.0 Å². The minimum atomic E-state index is -1.33. The average molecular weight is 365 g/mol. The van der Waals surface area contributed by atoms with Crippen LogP contribution in [0, 0.1) is 0 Å². The molecule has 0 aromatic heterocycles. The molecule has 0 saturated heterocycles. The van der Waals surface area contributed by atoms with E-state index in [2.05, 4.69) is 14.0 Å². The van der Waals surface area contributed by atoms with Gasteiger partial charge in [-0.05, 0) is 0 Å². The topological polar surface area (TPSA) is 37.4 Å². The first-order chi connectivity index (χ1) is 8.95. The number of aldehydes is 1. The molecule has 0 aliphatic carbocycles. The van der Waals surface area contributed by atoms with Crippen molar-refractivity contribution < 1.29 is 9.59 Å². The van der Waals surface area contributed by atoms with Crippen molar-refractivity contribution in [2.75, 3.05) is 11.9 Å². The molecule has 1 unspecified atom stereocenters. The molecule has 1 aromatic rings. The van der Waals surface area contributed by atoms with Crippen LogP contribution in [0.4, 0.5) is 5.69 Å². The predicted molar refractivity (Wildman–Crippen MR) is 81.0 cm³/mol. The Morgan fingerprint density at radius 2 is 2.05 bits per heavy atom. The standard InChI is InChI=1S/C13H14NO2.2CH3.Sn/c1-4-11(9-15)12-6-5-7-13(8-12)14(3)10(2)16;;;/h1,4-9,11H,2-3H3;2*1H3;. The number of allylic oxidation sites excluding steroid dienone is 1. The fourth-order valence-corrected chi connectivity index (χ4v) is 3.34. The van der Waals surface area contributed by atoms with Crippen LogP contribution in [0.3, 0.4) is 0 Å². The second-order valence-corrected chi connectivity index (χ2v) is 11.9. The molecule has 0 heterocycles. The van der Waals surface area contributed by atoms with E-state index in [9.17, 15) is 9.59 Å². The summed E-state index contributed by atoms with van der Waals surface area (Å²) in [5.74, 6) is -0.233. The van der Waals surface area contributed by atoms with Crippen LogP contribution in [0.1, 0.15) is 18.4 Å². The van der Waals surface area contributed by atoms with Crippen molar-refractivity contribution in [2.24, 2.45) is 0 Å². The van der Waals surface area contributed by atoms with Crippen molar-refractivity contribution in [1.29, 1.82) is 0 Å². The van der Waals surface area contributed by atoms with Crippen LogP contribution in [0.5, 0.6) is 0 Å². The van der Waals surface area contributed by atoms with E-state index < -0.39 is 19.8 Å². The number of rotatable bonds is 5. The van der Waals surface area contributed by atoms with E-state index in [4.69, 9.17) is 0 Å². The molecule has 3 nitrogen and oxygen atoms in total. The third-order valence-corrected chi connectivity index (χ3v) is 5.35. The fourth-order valence-electron chi connectivity index (χ4n) is 1.65. The minimum absolute atomic E-state index is 0.0204. The maximum absolute atomic E-state index is 11.4. The van der Waals surface area contributed by atoms with E-state index >= 15 is 0 Å². The van der Waals surface area contributed by atoms with Gasteiger partial charge in [-0.3, -0.25) is 0 Å². The molecule has 0 saturated carbocycles. The maximum atomic E-state index is 11.4. The van der Waals surface area contributed by atoms with Crippen molar-refractivity contribution in [3.63, 3.8) is 0 Å². The SMILES string of the molecule is CC(=O)N(C)c1cccc(C(C=O)C=[CH][Sn]([CH3])[CH3])c1. The molecule has 1 atom stereocenters. The van der Waals surface area contributed by atoms with Gasteiger partial charge in [-0.2, -0.15) is 0 Å². The van der Waals surface area contributed by atoms with Gasteiger partial charge in [0.2, 0.25) is 0 Å². The second-order valence-electron chi connectivity index (χ2n) is 4.77. The molecule has 101 valence electrons. The molecule has 0 N–H and O–H groups in total. The van der Waals surface area contributed by atoms with E-state index in [-0.39, 0.29) is 11.8 Å². The Labute approximate surface area is 122 Å². The van der Waals surface area contributed by atoms with Crippen LogP contribution in [0.15, 0.2) is 34.4 Å². The summed E-state index contributed by atoms with van der Waals surface area (Å²) in [4.78, 5) is 28.7. The van der Waals surface area contributed by atoms with Gasteiger partial charge in [-0.15, -0.1) is 0 Å². The Hall–Kier alpha value is -1.10. The van der Waals surface area contributed by atoms with Gasteiger partial charge in [-0.1, -0.05) is 0 Å². The fraction of sp³-hybridized carbons (Fsp3) is 0.333. The van der Waals surface area contributed by atoms with Gasteiger partial charge < -0.3 is 0 Å². The second kappa shape index (κ2) is 7.48. The summed E-state index contributed by atoms with van der Waals surface area (Å²) in [7, 11) is 1.73. The van der Waals surface area contributed by atoms with Gasteiger partial charge in [-0.25, -0.2) is 0 Å². The van der Waals surface area contributed by atoms with Gasteiger partial charge in [0.25, 0.3) is 0 Å². The van der Waals surface area contributed by atoms with Crippen LogP contribution in [0.2, 0.25) is 9.88 Å². The van der Waals surface area contributed by atoms with E-state index in [1.54, 1.807) is 11.9 Å². The monoisotopic (exact) mass is 366 g/mol. The van der Waals surface area contributed by atoms with Crippen LogP contribution in [-0.4, -0.2) is 39.0 Å². The molecule has 0 bridgehead atoms. The zero-order valence-electron chi connectivity index (χ0n) is 11.9. The Kier molecular flexibility index (Phi) is 6.28. The van der Waals surface area contributed by atoms with Crippen molar-refractivity contribution in [2.45, 2.75) is 22.7 Å². The predicted octanol–water partition coefficient (Wildman–Crippen LogP) is 2.80. The number of nitrogens with zero attached hydrogens (tertiary/aromatic N) is 1. The number of carbonyl (C=O) groups excluding carboxylic acids is 2. The summed E-state index contributed by atoms with van der Waals surface area (Å²) >= 11 is -1.33. The third kappa shape index (κ3) is 4.82. The molecule has 0 aliphatic heterocycles. The zero-order chi connectivity index (χ0) is 14.4. The number of benzene rings is 1. The van der Waals surface area contributed by atoms with Crippen molar-refractivity contribution in [3.8, 4) is 0 Å². The molecule has 19 heavy (non-hydrogen) atoms. The van der Waals surface area contributed by atoms with Gasteiger partial charge in [0.05, 0.1) is 0 Å². The molecular formula is C15H20NO2Sn. The Morgan fingerprint density at radius 3 is 2.58 bits per heavy atom. The number of amides is 1. The van der Waals surface area contributed by atoms with Gasteiger partial charge in [0.15, 0.2) is 0 Å². The van der Waals surface area contributed by atoms with E-state index in [1.807, 2.05) is 30.3 Å². The molecule has 1 rings (SSSR count). The van der Waals surface area contributed by atoms with Crippen molar-refractivity contribution >= 4 is 37.6 Å². The summed E-state index contributed by atoms with van der Waals surface area (Å²) in [5.41, 5.74) is 1.75. The number of carbonyl (C=O) groups is 2. The van der Waals surface area contributed by atoms with Crippen LogP contribution in [-0.2, 0) is 9.59 Å². The molecule has 4 heteroatoms. The normalized spacial score (nSPS) is 12.7. The number of hydrogen-bond acceptors (Lipinski definition) is 2. The third-order valence-electron chi connectivity index (χ3n) is 2.90. The molecular weight excluding hydrogens is 345 g/mol. The number of anilines is 1. The van der Waals surface area contributed by atoms with Crippen LogP contribution >= 0.6 is 0 Å². The van der Waals surface area contributed by atoms with Crippen molar-refractivity contribution in [1.82, 2.24) is 0 Å². The van der Waals surface area contributed by atoms with Crippen LogP contribution < -0.4 is 4.90 Å². The Balaban J connectivity index is 3.02. The summed E-state index contributed by atoms with van der Waals surface area (Å²) in [6.45, 7) is 1.52. The van der Waals surface area contributed by atoms with E-state index in [0.717, 1.165) is 17.5 Å². The average Bonchev–Trinajstić information content (AvgIpc) is 2.38. The molecule has 0 aliphatic rings. The molecule has 0 fully saturated rings. The van der Waals surface area contributed by atoms with Crippen LogP contribution in [0.25, 0.3) is 0 Å². The first kappa shape index (κ1) is 16.0. The van der Waals surface area contributed by atoms with E-state index in [1.165, 1.54) is 6.92 Å². The summed E-state index contributed by atoms with van der Waals surface area (Å²) in [6, 6.07) is 7.58. The quantitative estimate of drug-likeness (QED) is 0.595. The first-order valence-electron chi connectivity index (χ1n) is 6.23. The first-order valence-corrected chi connectivity index (χ1v) is 13.6. The summed E-state index contributed by atoms with van der Waals surface area (Å²) in [6.07, 6.45) is 2.95. The van der Waals surface area contributed by atoms with Gasteiger partial charge in [0, 0.05) is 0 Å². The zero-order valence-corrected chi connectivity index (χ0v) is 14.7.